The lowest BCUT2D eigenvalue weighted by Gasteiger charge is -2.34. The number of carbonyl (C=O) groups excluding carboxylic acids is 1. The summed E-state index contributed by atoms with van der Waals surface area (Å²) in [5.41, 5.74) is 8.51. The quantitative estimate of drug-likeness (QED) is 0.306. The van der Waals surface area contributed by atoms with E-state index in [1.54, 1.807) is 0 Å². The fourth-order valence-corrected chi connectivity index (χ4v) is 5.10. The summed E-state index contributed by atoms with van der Waals surface area (Å²) >= 11 is 0. The normalized spacial score (nSPS) is 14.1. The minimum atomic E-state index is -0.0359. The Labute approximate surface area is 223 Å². The van der Waals surface area contributed by atoms with Crippen molar-refractivity contribution in [1.29, 1.82) is 0 Å². The number of fused-ring (bicyclic) bond motifs is 1. The van der Waals surface area contributed by atoms with E-state index in [0.717, 1.165) is 53.4 Å². The standard InChI is InChI=1S/C32H31N5O/c1-24-10-8-9-15-28(24)33-32(38)36-20-18-35(19-21-36)23-29-31(26-13-6-3-7-14-26)34-30-17-16-27(22-37(29)30)25-11-4-2-5-12-25/h2-17,22H,18-21,23H2,1H3,(H,33,38). The molecule has 0 radical (unpaired) electrons. The molecule has 0 aliphatic carbocycles. The fourth-order valence-electron chi connectivity index (χ4n) is 5.10. The van der Waals surface area contributed by atoms with Crippen LogP contribution in [0.3, 0.4) is 0 Å². The summed E-state index contributed by atoms with van der Waals surface area (Å²) in [7, 11) is 0. The predicted molar refractivity (Wildman–Crippen MR) is 153 cm³/mol. The lowest BCUT2D eigenvalue weighted by Crippen LogP contribution is -2.49. The maximum Gasteiger partial charge on any atom is 0.321 e. The Morgan fingerprint density at radius 1 is 0.763 bits per heavy atom. The Morgan fingerprint density at radius 2 is 1.42 bits per heavy atom. The van der Waals surface area contributed by atoms with Gasteiger partial charge in [0.05, 0.1) is 11.4 Å². The summed E-state index contributed by atoms with van der Waals surface area (Å²) in [5, 5.41) is 3.07. The van der Waals surface area contributed by atoms with Gasteiger partial charge < -0.3 is 14.6 Å². The van der Waals surface area contributed by atoms with Crippen molar-refractivity contribution in [1.82, 2.24) is 19.2 Å². The van der Waals surface area contributed by atoms with Crippen molar-refractivity contribution >= 4 is 17.4 Å². The number of hydrogen-bond acceptors (Lipinski definition) is 3. The first-order valence-electron chi connectivity index (χ1n) is 13.1. The summed E-state index contributed by atoms with van der Waals surface area (Å²) in [6.07, 6.45) is 2.20. The van der Waals surface area contributed by atoms with Crippen LogP contribution in [0.1, 0.15) is 11.3 Å². The number of anilines is 1. The van der Waals surface area contributed by atoms with Gasteiger partial charge in [-0.3, -0.25) is 4.90 Å². The highest BCUT2D eigenvalue weighted by Gasteiger charge is 2.24. The minimum absolute atomic E-state index is 0.0359. The van der Waals surface area contributed by atoms with Gasteiger partial charge in [-0.1, -0.05) is 78.9 Å². The number of rotatable bonds is 5. The molecule has 5 aromatic rings. The molecule has 190 valence electrons. The molecule has 0 spiro atoms. The molecule has 0 atom stereocenters. The van der Waals surface area contributed by atoms with Gasteiger partial charge in [0.15, 0.2) is 0 Å². The molecule has 3 aromatic carbocycles. The lowest BCUT2D eigenvalue weighted by molar-refractivity contribution is 0.142. The van der Waals surface area contributed by atoms with Crippen LogP contribution in [0.25, 0.3) is 28.0 Å². The average Bonchev–Trinajstić information content (AvgIpc) is 3.33. The second kappa shape index (κ2) is 10.5. The van der Waals surface area contributed by atoms with Crippen LogP contribution in [0.4, 0.5) is 10.5 Å². The van der Waals surface area contributed by atoms with E-state index in [1.165, 1.54) is 11.3 Å². The molecule has 2 aromatic heterocycles. The predicted octanol–water partition coefficient (Wildman–Crippen LogP) is 6.33. The van der Waals surface area contributed by atoms with E-state index in [2.05, 4.69) is 81.5 Å². The Morgan fingerprint density at radius 3 is 2.13 bits per heavy atom. The van der Waals surface area contributed by atoms with Crippen LogP contribution in [0.15, 0.2) is 103 Å². The first-order chi connectivity index (χ1) is 18.7. The summed E-state index contributed by atoms with van der Waals surface area (Å²) < 4.78 is 2.24. The summed E-state index contributed by atoms with van der Waals surface area (Å²) in [4.78, 5) is 22.3. The number of aryl methyl sites for hydroxylation is 1. The second-order valence-electron chi connectivity index (χ2n) is 9.79. The zero-order valence-electron chi connectivity index (χ0n) is 21.5. The van der Waals surface area contributed by atoms with Crippen LogP contribution in [0.5, 0.6) is 0 Å². The number of carbonyl (C=O) groups is 1. The molecule has 0 bridgehead atoms. The third-order valence-corrected chi connectivity index (χ3v) is 7.29. The Balaban J connectivity index is 1.24. The highest BCUT2D eigenvalue weighted by atomic mass is 16.2. The number of pyridine rings is 1. The molecule has 0 unspecified atom stereocenters. The third kappa shape index (κ3) is 4.91. The zero-order chi connectivity index (χ0) is 25.9. The zero-order valence-corrected chi connectivity index (χ0v) is 21.5. The van der Waals surface area contributed by atoms with Gasteiger partial charge in [0, 0.05) is 50.2 Å². The molecular weight excluding hydrogens is 470 g/mol. The van der Waals surface area contributed by atoms with Crippen molar-refractivity contribution in [2.45, 2.75) is 13.5 Å². The molecule has 38 heavy (non-hydrogen) atoms. The van der Waals surface area contributed by atoms with E-state index in [-0.39, 0.29) is 6.03 Å². The minimum Gasteiger partial charge on any atom is -0.322 e. The molecule has 1 aliphatic heterocycles. The monoisotopic (exact) mass is 501 g/mol. The topological polar surface area (TPSA) is 52.9 Å². The number of nitrogens with one attached hydrogen (secondary N) is 1. The Hall–Kier alpha value is -4.42. The Kier molecular flexibility index (Phi) is 6.63. The number of urea groups is 1. The number of benzene rings is 3. The van der Waals surface area contributed by atoms with Crippen LogP contribution in [-0.4, -0.2) is 51.4 Å². The van der Waals surface area contributed by atoms with Crippen LogP contribution in [0, 0.1) is 6.92 Å². The maximum atomic E-state index is 12.9. The molecule has 2 amide bonds. The molecule has 6 nitrogen and oxygen atoms in total. The van der Waals surface area contributed by atoms with E-state index in [4.69, 9.17) is 4.98 Å². The van der Waals surface area contributed by atoms with E-state index < -0.39 is 0 Å². The smallest absolute Gasteiger partial charge is 0.321 e. The number of imidazole rings is 1. The summed E-state index contributed by atoms with van der Waals surface area (Å²) in [6, 6.07) is 32.9. The van der Waals surface area contributed by atoms with Gasteiger partial charge in [-0.25, -0.2) is 9.78 Å². The number of amides is 2. The van der Waals surface area contributed by atoms with Crippen LogP contribution < -0.4 is 5.32 Å². The molecule has 1 aliphatic rings. The van der Waals surface area contributed by atoms with Crippen molar-refractivity contribution < 1.29 is 4.79 Å². The van der Waals surface area contributed by atoms with Gasteiger partial charge in [0.2, 0.25) is 0 Å². The van der Waals surface area contributed by atoms with E-state index in [0.29, 0.717) is 13.1 Å². The molecule has 6 heteroatoms. The number of nitrogens with zero attached hydrogens (tertiary/aromatic N) is 4. The number of aromatic nitrogens is 2. The van der Waals surface area contributed by atoms with E-state index in [1.807, 2.05) is 48.2 Å². The van der Waals surface area contributed by atoms with Crippen molar-refractivity contribution in [2.75, 3.05) is 31.5 Å². The van der Waals surface area contributed by atoms with Crippen LogP contribution >= 0.6 is 0 Å². The molecular formula is C32H31N5O. The fraction of sp³-hybridized carbons (Fsp3) is 0.188. The van der Waals surface area contributed by atoms with E-state index >= 15 is 0 Å². The van der Waals surface area contributed by atoms with Gasteiger partial charge in [-0.15, -0.1) is 0 Å². The van der Waals surface area contributed by atoms with Gasteiger partial charge in [-0.2, -0.15) is 0 Å². The van der Waals surface area contributed by atoms with E-state index in [9.17, 15) is 4.79 Å². The summed E-state index contributed by atoms with van der Waals surface area (Å²) in [6.45, 7) is 5.75. The second-order valence-corrected chi connectivity index (χ2v) is 9.79. The highest BCUT2D eigenvalue weighted by molar-refractivity contribution is 5.90. The van der Waals surface area contributed by atoms with Crippen LogP contribution in [0.2, 0.25) is 0 Å². The Bertz CT molecular complexity index is 1550. The molecule has 6 rings (SSSR count). The first-order valence-corrected chi connectivity index (χ1v) is 13.1. The molecule has 1 N–H and O–H groups in total. The summed E-state index contributed by atoms with van der Waals surface area (Å²) in [5.74, 6) is 0. The SMILES string of the molecule is Cc1ccccc1NC(=O)N1CCN(Cc2c(-c3ccccc3)nc3ccc(-c4ccccc4)cn23)CC1. The van der Waals surface area contributed by atoms with Gasteiger partial charge in [0.1, 0.15) is 5.65 Å². The molecule has 1 fully saturated rings. The first kappa shape index (κ1) is 23.9. The van der Waals surface area contributed by atoms with Crippen LogP contribution in [-0.2, 0) is 6.54 Å². The maximum absolute atomic E-state index is 12.9. The number of hydrogen-bond donors (Lipinski definition) is 1. The molecule has 1 saturated heterocycles. The largest absolute Gasteiger partial charge is 0.322 e. The van der Waals surface area contributed by atoms with Crippen molar-refractivity contribution in [3.8, 4) is 22.4 Å². The van der Waals surface area contributed by atoms with Gasteiger partial charge in [0.25, 0.3) is 0 Å². The van der Waals surface area contributed by atoms with Crippen molar-refractivity contribution in [3.05, 3.63) is 115 Å². The van der Waals surface area contributed by atoms with Gasteiger partial charge in [-0.05, 0) is 41.8 Å². The molecule has 3 heterocycles. The highest BCUT2D eigenvalue weighted by Crippen LogP contribution is 2.28. The van der Waals surface area contributed by atoms with Crippen molar-refractivity contribution in [3.63, 3.8) is 0 Å². The molecule has 0 saturated carbocycles. The van der Waals surface area contributed by atoms with Gasteiger partial charge >= 0.3 is 6.03 Å². The average molecular weight is 502 g/mol. The lowest BCUT2D eigenvalue weighted by atomic mass is 10.1. The van der Waals surface area contributed by atoms with Crippen molar-refractivity contribution in [2.24, 2.45) is 0 Å². The third-order valence-electron chi connectivity index (χ3n) is 7.29. The number of para-hydroxylation sites is 1. The number of piperazine rings is 1.